The number of hydrogen-bond acceptors (Lipinski definition) is 5. The first-order valence-electron chi connectivity index (χ1n) is 9.63. The van der Waals surface area contributed by atoms with Crippen LogP contribution in [0, 0.1) is 6.92 Å². The zero-order chi connectivity index (χ0) is 19.9. The van der Waals surface area contributed by atoms with Crippen LogP contribution in [0.5, 0.6) is 0 Å². The van der Waals surface area contributed by atoms with Crippen LogP contribution in [0.1, 0.15) is 48.2 Å². The molecule has 0 radical (unpaired) electrons. The molecule has 4 rings (SSSR count). The van der Waals surface area contributed by atoms with Gasteiger partial charge >= 0.3 is 6.03 Å². The summed E-state index contributed by atoms with van der Waals surface area (Å²) in [6.07, 6.45) is 5.39. The number of hydrogen-bond donors (Lipinski definition) is 2. The number of carbonyl (C=O) groups excluding carboxylic acids is 3. The maximum atomic E-state index is 12.6. The topological polar surface area (TPSA) is 109 Å². The highest BCUT2D eigenvalue weighted by Gasteiger charge is 2.51. The van der Waals surface area contributed by atoms with Crippen molar-refractivity contribution in [2.24, 2.45) is 7.05 Å². The van der Waals surface area contributed by atoms with Gasteiger partial charge in [-0.2, -0.15) is 5.10 Å². The number of imide groups is 1. The Balaban J connectivity index is 1.32. The van der Waals surface area contributed by atoms with Crippen LogP contribution in [-0.4, -0.2) is 56.1 Å². The summed E-state index contributed by atoms with van der Waals surface area (Å²) in [5.41, 5.74) is 1.33. The number of fused-ring (bicyclic) bond motifs is 1. The van der Waals surface area contributed by atoms with E-state index in [9.17, 15) is 14.4 Å². The number of nitrogens with one attached hydrogen (secondary N) is 2. The second-order valence-electron chi connectivity index (χ2n) is 7.59. The Hall–Kier alpha value is -2.97. The lowest BCUT2D eigenvalue weighted by Crippen LogP contribution is -2.44. The minimum absolute atomic E-state index is 0.122. The summed E-state index contributed by atoms with van der Waals surface area (Å²) < 4.78 is 1.68. The molecule has 9 nitrogen and oxygen atoms in total. The number of rotatable bonds is 5. The average Bonchev–Trinajstić information content (AvgIpc) is 3.32. The molecule has 148 valence electrons. The van der Waals surface area contributed by atoms with Crippen molar-refractivity contribution >= 4 is 28.9 Å². The van der Waals surface area contributed by atoms with Crippen molar-refractivity contribution in [2.45, 2.75) is 44.6 Å². The Morgan fingerprint density at radius 2 is 2.07 bits per heavy atom. The van der Waals surface area contributed by atoms with Crippen LogP contribution in [0.4, 0.5) is 4.79 Å². The van der Waals surface area contributed by atoms with Crippen molar-refractivity contribution in [1.29, 1.82) is 0 Å². The van der Waals surface area contributed by atoms with Crippen LogP contribution >= 0.6 is 0 Å². The van der Waals surface area contributed by atoms with Crippen LogP contribution in [0.3, 0.4) is 0 Å². The Morgan fingerprint density at radius 1 is 1.32 bits per heavy atom. The lowest BCUT2D eigenvalue weighted by molar-refractivity contribution is -0.131. The lowest BCUT2D eigenvalue weighted by Gasteiger charge is -2.20. The largest absolute Gasteiger partial charge is 0.352 e. The van der Waals surface area contributed by atoms with Gasteiger partial charge in [-0.1, -0.05) is 12.8 Å². The molecule has 9 heteroatoms. The highest BCUT2D eigenvalue weighted by molar-refractivity contribution is 6.07. The molecule has 1 aliphatic carbocycles. The maximum absolute atomic E-state index is 12.6. The van der Waals surface area contributed by atoms with Gasteiger partial charge in [0.15, 0.2) is 5.65 Å². The standard InChI is InChI=1S/C19H24N6O3/c1-12-14-10-13(11-21-15(14)24(2)23-12)16(26)20-8-5-9-25-17(27)19(22-18(25)28)6-3-4-7-19/h10-11H,3-9H2,1-2H3,(H,20,26)(H,22,28). The van der Waals surface area contributed by atoms with Gasteiger partial charge in [-0.05, 0) is 32.3 Å². The summed E-state index contributed by atoms with van der Waals surface area (Å²) in [5, 5.41) is 10.8. The van der Waals surface area contributed by atoms with Crippen LogP contribution in [0.15, 0.2) is 12.3 Å². The molecule has 1 aliphatic heterocycles. The van der Waals surface area contributed by atoms with E-state index in [0.29, 0.717) is 37.9 Å². The summed E-state index contributed by atoms with van der Waals surface area (Å²) in [6.45, 7) is 2.54. The molecular formula is C19H24N6O3. The Labute approximate surface area is 162 Å². The van der Waals surface area contributed by atoms with Gasteiger partial charge in [0.2, 0.25) is 0 Å². The first-order chi connectivity index (χ1) is 13.4. The molecule has 1 spiro atoms. The Bertz CT molecular complexity index is 960. The molecule has 28 heavy (non-hydrogen) atoms. The molecule has 2 aromatic heterocycles. The predicted octanol–water partition coefficient (Wildman–Crippen LogP) is 1.26. The van der Waals surface area contributed by atoms with Crippen molar-refractivity contribution in [3.8, 4) is 0 Å². The van der Waals surface area contributed by atoms with Crippen LogP contribution in [0.25, 0.3) is 11.0 Å². The van der Waals surface area contributed by atoms with Crippen molar-refractivity contribution in [3.05, 3.63) is 23.5 Å². The van der Waals surface area contributed by atoms with Crippen LogP contribution in [-0.2, 0) is 11.8 Å². The minimum Gasteiger partial charge on any atom is -0.352 e. The molecule has 0 bridgehead atoms. The lowest BCUT2D eigenvalue weighted by atomic mass is 9.98. The number of pyridine rings is 1. The number of amides is 4. The Morgan fingerprint density at radius 3 is 2.82 bits per heavy atom. The van der Waals surface area contributed by atoms with E-state index in [1.807, 2.05) is 14.0 Å². The molecule has 1 saturated carbocycles. The number of nitrogens with zero attached hydrogens (tertiary/aromatic N) is 4. The Kier molecular flexibility index (Phi) is 4.52. The van der Waals surface area contributed by atoms with Crippen LogP contribution < -0.4 is 10.6 Å². The fraction of sp³-hybridized carbons (Fsp3) is 0.526. The van der Waals surface area contributed by atoms with E-state index in [-0.39, 0.29) is 17.8 Å². The first-order valence-corrected chi connectivity index (χ1v) is 9.63. The third kappa shape index (κ3) is 3.00. The smallest absolute Gasteiger partial charge is 0.325 e. The molecule has 0 unspecified atom stereocenters. The average molecular weight is 384 g/mol. The molecule has 0 atom stereocenters. The second-order valence-corrected chi connectivity index (χ2v) is 7.59. The van der Waals surface area contributed by atoms with Gasteiger partial charge < -0.3 is 10.6 Å². The van der Waals surface area contributed by atoms with Gasteiger partial charge in [-0.15, -0.1) is 0 Å². The van der Waals surface area contributed by atoms with Gasteiger partial charge in [0.05, 0.1) is 11.3 Å². The third-order valence-electron chi connectivity index (χ3n) is 5.67. The highest BCUT2D eigenvalue weighted by Crippen LogP contribution is 2.34. The summed E-state index contributed by atoms with van der Waals surface area (Å²) in [5.74, 6) is -0.356. The summed E-state index contributed by atoms with van der Waals surface area (Å²) >= 11 is 0. The van der Waals surface area contributed by atoms with Gasteiger partial charge in [-0.25, -0.2) is 9.78 Å². The first kappa shape index (κ1) is 18.4. The fourth-order valence-electron chi connectivity index (χ4n) is 4.17. The molecule has 2 fully saturated rings. The van der Waals surface area contributed by atoms with Crippen molar-refractivity contribution in [2.75, 3.05) is 13.1 Å². The normalized spacial score (nSPS) is 18.3. The zero-order valence-electron chi connectivity index (χ0n) is 16.1. The molecule has 2 N–H and O–H groups in total. The SMILES string of the molecule is Cc1nn(C)c2ncc(C(=O)NCCCN3C(=O)NC4(CCCC4)C3=O)cc12. The number of urea groups is 1. The number of aryl methyl sites for hydroxylation is 2. The zero-order valence-corrected chi connectivity index (χ0v) is 16.1. The van der Waals surface area contributed by atoms with E-state index < -0.39 is 5.54 Å². The molecular weight excluding hydrogens is 360 g/mol. The fourth-order valence-corrected chi connectivity index (χ4v) is 4.17. The highest BCUT2D eigenvalue weighted by atomic mass is 16.2. The number of carbonyl (C=O) groups is 3. The van der Waals surface area contributed by atoms with E-state index in [0.717, 1.165) is 29.6 Å². The van der Waals surface area contributed by atoms with Crippen LogP contribution in [0.2, 0.25) is 0 Å². The molecule has 0 aromatic carbocycles. The predicted molar refractivity (Wildman–Crippen MR) is 102 cm³/mol. The van der Waals surface area contributed by atoms with Gasteiger partial charge in [-0.3, -0.25) is 19.2 Å². The van der Waals surface area contributed by atoms with Gasteiger partial charge in [0.1, 0.15) is 5.54 Å². The quantitative estimate of drug-likeness (QED) is 0.596. The van der Waals surface area contributed by atoms with E-state index >= 15 is 0 Å². The van der Waals surface area contributed by atoms with Crippen molar-refractivity contribution in [3.63, 3.8) is 0 Å². The van der Waals surface area contributed by atoms with Crippen molar-refractivity contribution < 1.29 is 14.4 Å². The maximum Gasteiger partial charge on any atom is 0.325 e. The van der Waals surface area contributed by atoms with Gasteiger partial charge in [0, 0.05) is 31.7 Å². The molecule has 2 aliphatic rings. The third-order valence-corrected chi connectivity index (χ3v) is 5.67. The monoisotopic (exact) mass is 384 g/mol. The van der Waals surface area contributed by atoms with Crippen molar-refractivity contribution in [1.82, 2.24) is 30.3 Å². The minimum atomic E-state index is -0.678. The van der Waals surface area contributed by atoms with Gasteiger partial charge in [0.25, 0.3) is 11.8 Å². The van der Waals surface area contributed by atoms with E-state index in [1.165, 1.54) is 11.1 Å². The van der Waals surface area contributed by atoms with E-state index in [4.69, 9.17) is 0 Å². The molecule has 3 heterocycles. The molecule has 2 aromatic rings. The summed E-state index contributed by atoms with van der Waals surface area (Å²) in [6, 6.07) is 1.46. The molecule has 4 amide bonds. The number of aromatic nitrogens is 3. The molecule has 1 saturated heterocycles. The van der Waals surface area contributed by atoms with E-state index in [1.54, 1.807) is 10.7 Å². The second kappa shape index (κ2) is 6.88. The summed E-state index contributed by atoms with van der Waals surface area (Å²) in [4.78, 5) is 42.7. The summed E-state index contributed by atoms with van der Waals surface area (Å²) in [7, 11) is 1.81. The van der Waals surface area contributed by atoms with E-state index in [2.05, 4.69) is 20.7 Å².